The van der Waals surface area contributed by atoms with Crippen molar-refractivity contribution in [3.05, 3.63) is 17.9 Å². The molecule has 2 nitrogen and oxygen atoms in total. The SMILES string of the molecule is CCCOc1cc(SCC)c(N)cc1F. The van der Waals surface area contributed by atoms with Gasteiger partial charge in [-0.2, -0.15) is 0 Å². The van der Waals surface area contributed by atoms with Crippen molar-refractivity contribution < 1.29 is 9.13 Å². The van der Waals surface area contributed by atoms with E-state index < -0.39 is 0 Å². The van der Waals surface area contributed by atoms with Gasteiger partial charge >= 0.3 is 0 Å². The number of halogens is 1. The van der Waals surface area contributed by atoms with Gasteiger partial charge in [-0.15, -0.1) is 11.8 Å². The second-order valence-electron chi connectivity index (χ2n) is 3.10. The number of thioether (sulfide) groups is 1. The molecule has 0 spiro atoms. The van der Waals surface area contributed by atoms with Gasteiger partial charge in [0.05, 0.1) is 6.61 Å². The van der Waals surface area contributed by atoms with Crippen LogP contribution in [0.15, 0.2) is 17.0 Å². The maximum atomic E-state index is 13.4. The zero-order valence-electron chi connectivity index (χ0n) is 9.05. The van der Waals surface area contributed by atoms with Crippen LogP contribution < -0.4 is 10.5 Å². The highest BCUT2D eigenvalue weighted by molar-refractivity contribution is 7.99. The summed E-state index contributed by atoms with van der Waals surface area (Å²) in [6.07, 6.45) is 0.861. The van der Waals surface area contributed by atoms with Gasteiger partial charge in [-0.3, -0.25) is 0 Å². The minimum atomic E-state index is -0.388. The zero-order valence-corrected chi connectivity index (χ0v) is 9.86. The van der Waals surface area contributed by atoms with Crippen molar-refractivity contribution in [1.82, 2.24) is 0 Å². The predicted octanol–water partition coefficient (Wildman–Crippen LogP) is 3.31. The molecule has 0 atom stereocenters. The highest BCUT2D eigenvalue weighted by Crippen LogP contribution is 2.31. The largest absolute Gasteiger partial charge is 0.490 e. The van der Waals surface area contributed by atoms with Crippen LogP contribution in [0.5, 0.6) is 5.75 Å². The number of ether oxygens (including phenoxy) is 1. The van der Waals surface area contributed by atoms with Gasteiger partial charge < -0.3 is 10.5 Å². The van der Waals surface area contributed by atoms with Crippen LogP contribution in [-0.2, 0) is 0 Å². The second-order valence-corrected chi connectivity index (χ2v) is 4.41. The van der Waals surface area contributed by atoms with Gasteiger partial charge in [-0.25, -0.2) is 4.39 Å². The van der Waals surface area contributed by atoms with Crippen LogP contribution in [-0.4, -0.2) is 12.4 Å². The zero-order chi connectivity index (χ0) is 11.3. The fourth-order valence-electron chi connectivity index (χ4n) is 1.15. The van der Waals surface area contributed by atoms with Gasteiger partial charge in [0, 0.05) is 16.6 Å². The lowest BCUT2D eigenvalue weighted by Gasteiger charge is -2.10. The molecule has 4 heteroatoms. The molecule has 0 unspecified atom stereocenters. The van der Waals surface area contributed by atoms with Crippen molar-refractivity contribution in [3.63, 3.8) is 0 Å². The van der Waals surface area contributed by atoms with Crippen molar-refractivity contribution in [1.29, 1.82) is 0 Å². The van der Waals surface area contributed by atoms with Crippen LogP contribution in [0.4, 0.5) is 10.1 Å². The number of hydrogen-bond donors (Lipinski definition) is 1. The fraction of sp³-hybridized carbons (Fsp3) is 0.455. The summed E-state index contributed by atoms with van der Waals surface area (Å²) >= 11 is 1.59. The van der Waals surface area contributed by atoms with Gasteiger partial charge in [-0.05, 0) is 18.2 Å². The molecule has 0 bridgehead atoms. The molecule has 1 aromatic rings. The van der Waals surface area contributed by atoms with Crippen molar-refractivity contribution >= 4 is 17.4 Å². The fourth-order valence-corrected chi connectivity index (χ4v) is 1.88. The average molecular weight is 229 g/mol. The molecule has 84 valence electrons. The molecule has 0 aromatic heterocycles. The molecular formula is C11H16FNOS. The smallest absolute Gasteiger partial charge is 0.167 e. The topological polar surface area (TPSA) is 35.2 Å². The predicted molar refractivity (Wildman–Crippen MR) is 63.0 cm³/mol. The van der Waals surface area contributed by atoms with Crippen LogP contribution in [0.3, 0.4) is 0 Å². The quantitative estimate of drug-likeness (QED) is 0.621. The number of nitrogen functional groups attached to an aromatic ring is 1. The van der Waals surface area contributed by atoms with E-state index in [0.717, 1.165) is 17.1 Å². The first-order valence-electron chi connectivity index (χ1n) is 5.03. The molecule has 1 aromatic carbocycles. The van der Waals surface area contributed by atoms with Crippen LogP contribution in [0, 0.1) is 5.82 Å². The molecule has 0 saturated carbocycles. The Hall–Kier alpha value is -0.900. The van der Waals surface area contributed by atoms with E-state index in [1.54, 1.807) is 17.8 Å². The van der Waals surface area contributed by atoms with E-state index in [2.05, 4.69) is 0 Å². The lowest BCUT2D eigenvalue weighted by atomic mass is 10.3. The third kappa shape index (κ3) is 3.30. The summed E-state index contributed by atoms with van der Waals surface area (Å²) in [6.45, 7) is 4.54. The lowest BCUT2D eigenvalue weighted by Crippen LogP contribution is -1.99. The first-order chi connectivity index (χ1) is 7.19. The maximum absolute atomic E-state index is 13.4. The van der Waals surface area contributed by atoms with E-state index >= 15 is 0 Å². The third-order valence-corrected chi connectivity index (χ3v) is 2.78. The van der Waals surface area contributed by atoms with E-state index in [1.807, 2.05) is 13.8 Å². The Kier molecular flexibility index (Phi) is 4.75. The molecule has 15 heavy (non-hydrogen) atoms. The number of anilines is 1. The minimum Gasteiger partial charge on any atom is -0.490 e. The maximum Gasteiger partial charge on any atom is 0.167 e. The molecule has 0 amide bonds. The molecule has 0 heterocycles. The number of rotatable bonds is 5. The van der Waals surface area contributed by atoms with Gasteiger partial charge in [0.15, 0.2) is 11.6 Å². The summed E-state index contributed by atoms with van der Waals surface area (Å²) in [4.78, 5) is 0.880. The molecule has 0 fully saturated rings. The Bertz CT molecular complexity index is 331. The van der Waals surface area contributed by atoms with Crippen molar-refractivity contribution in [2.45, 2.75) is 25.2 Å². The van der Waals surface area contributed by atoms with Gasteiger partial charge in [-0.1, -0.05) is 13.8 Å². The summed E-state index contributed by atoms with van der Waals surface area (Å²) in [6, 6.07) is 3.00. The summed E-state index contributed by atoms with van der Waals surface area (Å²) < 4.78 is 18.7. The molecular weight excluding hydrogens is 213 g/mol. The Morgan fingerprint density at radius 1 is 1.40 bits per heavy atom. The third-order valence-electron chi connectivity index (χ3n) is 1.83. The Morgan fingerprint density at radius 3 is 2.73 bits per heavy atom. The molecule has 0 aliphatic heterocycles. The average Bonchev–Trinajstić information content (AvgIpc) is 2.20. The Morgan fingerprint density at radius 2 is 2.13 bits per heavy atom. The standard InChI is InChI=1S/C11H16FNOS/c1-3-5-14-10-7-11(15-4-2)9(13)6-8(10)12/h6-7H,3-5,13H2,1-2H3. The van der Waals surface area contributed by atoms with Crippen molar-refractivity contribution in [3.8, 4) is 5.75 Å². The summed E-state index contributed by atoms with van der Waals surface area (Å²) in [5, 5.41) is 0. The van der Waals surface area contributed by atoms with Crippen molar-refractivity contribution in [2.75, 3.05) is 18.1 Å². The number of hydrogen-bond acceptors (Lipinski definition) is 3. The number of nitrogens with two attached hydrogens (primary N) is 1. The van der Waals surface area contributed by atoms with Gasteiger partial charge in [0.25, 0.3) is 0 Å². The lowest BCUT2D eigenvalue weighted by molar-refractivity contribution is 0.300. The Labute approximate surface area is 94.0 Å². The van der Waals surface area contributed by atoms with Gasteiger partial charge in [0.1, 0.15) is 0 Å². The van der Waals surface area contributed by atoms with E-state index in [-0.39, 0.29) is 5.82 Å². The Balaban J connectivity index is 2.90. The molecule has 0 aliphatic carbocycles. The number of benzene rings is 1. The first-order valence-corrected chi connectivity index (χ1v) is 6.02. The minimum absolute atomic E-state index is 0.294. The summed E-state index contributed by atoms with van der Waals surface area (Å²) in [5.74, 6) is 0.812. The van der Waals surface area contributed by atoms with Crippen LogP contribution >= 0.6 is 11.8 Å². The van der Waals surface area contributed by atoms with Crippen LogP contribution in [0.1, 0.15) is 20.3 Å². The normalized spacial score (nSPS) is 10.3. The summed E-state index contributed by atoms with van der Waals surface area (Å²) in [7, 11) is 0. The molecule has 0 saturated heterocycles. The van der Waals surface area contributed by atoms with Crippen LogP contribution in [0.25, 0.3) is 0 Å². The van der Waals surface area contributed by atoms with Crippen LogP contribution in [0.2, 0.25) is 0 Å². The van der Waals surface area contributed by atoms with E-state index in [4.69, 9.17) is 10.5 Å². The molecule has 0 radical (unpaired) electrons. The molecule has 1 rings (SSSR count). The molecule has 2 N–H and O–H groups in total. The highest BCUT2D eigenvalue weighted by atomic mass is 32.2. The summed E-state index contributed by atoms with van der Waals surface area (Å²) in [5.41, 5.74) is 6.16. The first kappa shape index (κ1) is 12.2. The van der Waals surface area contributed by atoms with E-state index in [1.165, 1.54) is 6.07 Å². The monoisotopic (exact) mass is 229 g/mol. The molecule has 0 aliphatic rings. The van der Waals surface area contributed by atoms with E-state index in [9.17, 15) is 4.39 Å². The van der Waals surface area contributed by atoms with Crippen molar-refractivity contribution in [2.24, 2.45) is 0 Å². The van der Waals surface area contributed by atoms with E-state index in [0.29, 0.717) is 18.0 Å². The van der Waals surface area contributed by atoms with Gasteiger partial charge in [0.2, 0.25) is 0 Å². The highest BCUT2D eigenvalue weighted by Gasteiger charge is 2.08. The second kappa shape index (κ2) is 5.85.